The van der Waals surface area contributed by atoms with Crippen LogP contribution in [0, 0.1) is 5.92 Å². The van der Waals surface area contributed by atoms with E-state index in [0.29, 0.717) is 12.0 Å². The van der Waals surface area contributed by atoms with Crippen LogP contribution in [-0.4, -0.2) is 47.8 Å². The summed E-state index contributed by atoms with van der Waals surface area (Å²) in [6.07, 6.45) is 5.60. The maximum Gasteiger partial charge on any atom is 0.0771 e. The molecular formula is C14H28N2O. The van der Waals surface area contributed by atoms with Crippen molar-refractivity contribution in [3.05, 3.63) is 0 Å². The maximum atomic E-state index is 10.3. The number of aliphatic hydroxyl groups is 1. The Labute approximate surface area is 106 Å². The number of nitrogens with zero attached hydrogens (tertiary/aromatic N) is 1. The minimum absolute atomic E-state index is 0.401. The van der Waals surface area contributed by atoms with Crippen molar-refractivity contribution in [2.45, 2.75) is 57.6 Å². The van der Waals surface area contributed by atoms with E-state index in [1.54, 1.807) is 0 Å². The van der Waals surface area contributed by atoms with Crippen LogP contribution in [0.5, 0.6) is 0 Å². The van der Waals surface area contributed by atoms with Gasteiger partial charge in [-0.15, -0.1) is 0 Å². The molecule has 0 aromatic heterocycles. The molecule has 1 aliphatic heterocycles. The van der Waals surface area contributed by atoms with Crippen molar-refractivity contribution in [3.63, 3.8) is 0 Å². The highest BCUT2D eigenvalue weighted by atomic mass is 16.3. The Morgan fingerprint density at radius 3 is 2.65 bits per heavy atom. The summed E-state index contributed by atoms with van der Waals surface area (Å²) in [5, 5.41) is 14.0. The molecule has 2 fully saturated rings. The molecule has 17 heavy (non-hydrogen) atoms. The highest BCUT2D eigenvalue weighted by Crippen LogP contribution is 2.29. The van der Waals surface area contributed by atoms with Gasteiger partial charge in [0.15, 0.2) is 0 Å². The number of hydrogen-bond acceptors (Lipinski definition) is 3. The molecule has 0 aromatic rings. The third-order valence-corrected chi connectivity index (χ3v) is 4.66. The Hall–Kier alpha value is -0.120. The van der Waals surface area contributed by atoms with Crippen molar-refractivity contribution in [2.24, 2.45) is 5.92 Å². The summed E-state index contributed by atoms with van der Waals surface area (Å²) >= 11 is 0. The van der Waals surface area contributed by atoms with Crippen LogP contribution in [0.2, 0.25) is 0 Å². The highest BCUT2D eigenvalue weighted by molar-refractivity contribution is 4.90. The van der Waals surface area contributed by atoms with Gasteiger partial charge in [-0.1, -0.05) is 26.7 Å². The second kappa shape index (κ2) is 5.68. The van der Waals surface area contributed by atoms with Crippen LogP contribution >= 0.6 is 0 Å². The first-order valence-corrected chi connectivity index (χ1v) is 7.31. The largest absolute Gasteiger partial charge is 0.389 e. The molecule has 1 saturated heterocycles. The molecule has 2 atom stereocenters. The summed E-state index contributed by atoms with van der Waals surface area (Å²) in [4.78, 5) is 2.52. The standard InChI is InChI=1S/C14H28N2O/c1-3-16-9-6-13(12(2)10-16)15-11-14(17)7-4-5-8-14/h12-13,15,17H,3-11H2,1-2H3. The Morgan fingerprint density at radius 1 is 1.35 bits per heavy atom. The summed E-state index contributed by atoms with van der Waals surface area (Å²) in [6.45, 7) is 8.94. The summed E-state index contributed by atoms with van der Waals surface area (Å²) in [5.74, 6) is 0.703. The SMILES string of the molecule is CCN1CCC(NCC2(O)CCCC2)C(C)C1. The van der Waals surface area contributed by atoms with Gasteiger partial charge in [0.1, 0.15) is 0 Å². The zero-order chi connectivity index (χ0) is 12.3. The van der Waals surface area contributed by atoms with Gasteiger partial charge in [0.2, 0.25) is 0 Å². The lowest BCUT2D eigenvalue weighted by molar-refractivity contribution is 0.0376. The highest BCUT2D eigenvalue weighted by Gasteiger charge is 2.33. The third kappa shape index (κ3) is 3.43. The molecule has 0 bridgehead atoms. The van der Waals surface area contributed by atoms with Gasteiger partial charge in [0.05, 0.1) is 5.60 Å². The van der Waals surface area contributed by atoms with Crippen molar-refractivity contribution in [1.82, 2.24) is 10.2 Å². The van der Waals surface area contributed by atoms with Crippen molar-refractivity contribution < 1.29 is 5.11 Å². The average Bonchev–Trinajstić information content (AvgIpc) is 2.75. The van der Waals surface area contributed by atoms with Crippen LogP contribution in [0.1, 0.15) is 46.0 Å². The minimum Gasteiger partial charge on any atom is -0.389 e. The second-order valence-corrected chi connectivity index (χ2v) is 6.08. The van der Waals surface area contributed by atoms with Crippen molar-refractivity contribution >= 4 is 0 Å². The molecule has 1 saturated carbocycles. The van der Waals surface area contributed by atoms with E-state index in [1.165, 1.54) is 38.9 Å². The summed E-state index contributed by atoms with van der Waals surface area (Å²) in [7, 11) is 0. The Kier molecular flexibility index (Phi) is 4.45. The maximum absolute atomic E-state index is 10.3. The van der Waals surface area contributed by atoms with Gasteiger partial charge >= 0.3 is 0 Å². The molecule has 2 N–H and O–H groups in total. The number of likely N-dealkylation sites (tertiary alicyclic amines) is 1. The predicted octanol–water partition coefficient (Wildman–Crippen LogP) is 1.61. The van der Waals surface area contributed by atoms with Crippen LogP contribution in [0.4, 0.5) is 0 Å². The lowest BCUT2D eigenvalue weighted by Gasteiger charge is -2.38. The molecular weight excluding hydrogens is 212 g/mol. The van der Waals surface area contributed by atoms with E-state index in [-0.39, 0.29) is 0 Å². The van der Waals surface area contributed by atoms with Gasteiger partial charge in [0, 0.05) is 19.1 Å². The fourth-order valence-electron chi connectivity index (χ4n) is 3.35. The van der Waals surface area contributed by atoms with E-state index in [0.717, 1.165) is 19.4 Å². The molecule has 0 radical (unpaired) electrons. The fraction of sp³-hybridized carbons (Fsp3) is 1.00. The number of rotatable bonds is 4. The molecule has 2 unspecified atom stereocenters. The first-order chi connectivity index (χ1) is 8.13. The van der Waals surface area contributed by atoms with Crippen LogP contribution in [0.25, 0.3) is 0 Å². The molecule has 1 aliphatic carbocycles. The lowest BCUT2D eigenvalue weighted by Crippen LogP contribution is -2.51. The van der Waals surface area contributed by atoms with Gasteiger partial charge in [-0.25, -0.2) is 0 Å². The lowest BCUT2D eigenvalue weighted by atomic mass is 9.92. The van der Waals surface area contributed by atoms with Gasteiger partial charge in [-0.2, -0.15) is 0 Å². The zero-order valence-electron chi connectivity index (χ0n) is 11.4. The number of nitrogens with one attached hydrogen (secondary N) is 1. The topological polar surface area (TPSA) is 35.5 Å². The Bertz CT molecular complexity index is 238. The van der Waals surface area contributed by atoms with E-state index < -0.39 is 5.60 Å². The van der Waals surface area contributed by atoms with E-state index in [9.17, 15) is 5.11 Å². The van der Waals surface area contributed by atoms with E-state index in [2.05, 4.69) is 24.1 Å². The zero-order valence-corrected chi connectivity index (χ0v) is 11.4. The Balaban J connectivity index is 1.76. The van der Waals surface area contributed by atoms with Crippen LogP contribution in [0.3, 0.4) is 0 Å². The number of piperidine rings is 1. The van der Waals surface area contributed by atoms with Gasteiger partial charge < -0.3 is 15.3 Å². The van der Waals surface area contributed by atoms with Gasteiger partial charge in [-0.3, -0.25) is 0 Å². The van der Waals surface area contributed by atoms with Crippen molar-refractivity contribution in [2.75, 3.05) is 26.2 Å². The van der Waals surface area contributed by atoms with Crippen molar-refractivity contribution in [3.8, 4) is 0 Å². The van der Waals surface area contributed by atoms with E-state index in [4.69, 9.17) is 0 Å². The quantitative estimate of drug-likeness (QED) is 0.784. The van der Waals surface area contributed by atoms with Crippen molar-refractivity contribution in [1.29, 1.82) is 0 Å². The van der Waals surface area contributed by atoms with Crippen LogP contribution in [-0.2, 0) is 0 Å². The van der Waals surface area contributed by atoms with Gasteiger partial charge in [-0.05, 0) is 38.3 Å². The molecule has 2 aliphatic rings. The molecule has 100 valence electrons. The Morgan fingerprint density at radius 2 is 2.06 bits per heavy atom. The summed E-state index contributed by atoms with van der Waals surface area (Å²) < 4.78 is 0. The summed E-state index contributed by atoms with van der Waals surface area (Å²) in [6, 6.07) is 0.599. The predicted molar refractivity (Wildman–Crippen MR) is 71.1 cm³/mol. The molecule has 3 heteroatoms. The second-order valence-electron chi connectivity index (χ2n) is 6.08. The third-order valence-electron chi connectivity index (χ3n) is 4.66. The fourth-order valence-corrected chi connectivity index (χ4v) is 3.35. The molecule has 2 rings (SSSR count). The summed E-state index contributed by atoms with van der Waals surface area (Å²) in [5.41, 5.74) is -0.401. The molecule has 0 amide bonds. The average molecular weight is 240 g/mol. The molecule has 3 nitrogen and oxygen atoms in total. The van der Waals surface area contributed by atoms with Crippen LogP contribution in [0.15, 0.2) is 0 Å². The molecule has 1 heterocycles. The van der Waals surface area contributed by atoms with Gasteiger partial charge in [0.25, 0.3) is 0 Å². The first-order valence-electron chi connectivity index (χ1n) is 7.31. The van der Waals surface area contributed by atoms with Crippen LogP contribution < -0.4 is 5.32 Å². The first kappa shape index (κ1) is 13.3. The molecule has 0 spiro atoms. The molecule has 0 aromatic carbocycles. The monoisotopic (exact) mass is 240 g/mol. The van der Waals surface area contributed by atoms with E-state index in [1.807, 2.05) is 0 Å². The normalized spacial score (nSPS) is 34.1. The smallest absolute Gasteiger partial charge is 0.0771 e. The minimum atomic E-state index is -0.401. The number of hydrogen-bond donors (Lipinski definition) is 2. The van der Waals surface area contributed by atoms with E-state index >= 15 is 0 Å².